The van der Waals surface area contributed by atoms with Crippen LogP contribution in [0.1, 0.15) is 63.9 Å². The average molecular weight is 370 g/mol. The fraction of sp³-hybridized carbons (Fsp3) is 0.429. The molecule has 0 N–H and O–H groups in total. The number of aryl methyl sites for hydroxylation is 2. The number of carbonyl (C=O) groups excluding carboxylic acids is 2. The van der Waals surface area contributed by atoms with Gasteiger partial charge >= 0.3 is 11.9 Å². The lowest BCUT2D eigenvalue weighted by molar-refractivity contribution is 0.0591. The van der Waals surface area contributed by atoms with E-state index in [0.717, 1.165) is 56.1 Å². The van der Waals surface area contributed by atoms with Crippen LogP contribution in [0, 0.1) is 0 Å². The minimum Gasteiger partial charge on any atom is -0.465 e. The Bertz CT molecular complexity index is 698. The van der Waals surface area contributed by atoms with E-state index < -0.39 is 0 Å². The zero-order valence-electron chi connectivity index (χ0n) is 15.9. The molecule has 2 heterocycles. The van der Waals surface area contributed by atoms with Gasteiger partial charge in [-0.15, -0.1) is 0 Å². The maximum atomic E-state index is 11.5. The number of hydrogen-bond donors (Lipinski definition) is 0. The van der Waals surface area contributed by atoms with Crippen molar-refractivity contribution in [3.63, 3.8) is 0 Å². The Hall–Kier alpha value is -2.76. The average Bonchev–Trinajstić information content (AvgIpc) is 2.72. The largest absolute Gasteiger partial charge is 0.465 e. The van der Waals surface area contributed by atoms with Crippen LogP contribution < -0.4 is 0 Å². The van der Waals surface area contributed by atoms with Crippen molar-refractivity contribution in [3.05, 3.63) is 59.2 Å². The molecule has 2 rings (SSSR count). The van der Waals surface area contributed by atoms with Gasteiger partial charge in [0.2, 0.25) is 0 Å². The third-order valence-electron chi connectivity index (χ3n) is 4.36. The number of unbranched alkanes of at least 4 members (excludes halogenated alkanes) is 4. The van der Waals surface area contributed by atoms with Gasteiger partial charge < -0.3 is 9.47 Å². The van der Waals surface area contributed by atoms with E-state index in [1.807, 2.05) is 12.1 Å². The smallest absolute Gasteiger partial charge is 0.339 e. The molecular weight excluding hydrogens is 344 g/mol. The summed E-state index contributed by atoms with van der Waals surface area (Å²) in [5, 5.41) is 0. The molecule has 0 radical (unpaired) electrons. The van der Waals surface area contributed by atoms with E-state index in [4.69, 9.17) is 9.47 Å². The highest BCUT2D eigenvalue weighted by Gasteiger charge is 2.07. The Morgan fingerprint density at radius 2 is 1.11 bits per heavy atom. The van der Waals surface area contributed by atoms with Crippen LogP contribution in [-0.4, -0.2) is 36.1 Å². The van der Waals surface area contributed by atoms with Crippen LogP contribution in [0.25, 0.3) is 0 Å². The highest BCUT2D eigenvalue weighted by Crippen LogP contribution is 2.13. The van der Waals surface area contributed by atoms with Gasteiger partial charge in [0.15, 0.2) is 0 Å². The molecule has 0 bridgehead atoms. The molecule has 0 aliphatic heterocycles. The van der Waals surface area contributed by atoms with E-state index in [1.165, 1.54) is 26.6 Å². The zero-order valence-corrected chi connectivity index (χ0v) is 15.9. The van der Waals surface area contributed by atoms with Crippen molar-refractivity contribution in [2.24, 2.45) is 0 Å². The molecule has 0 aliphatic carbocycles. The number of nitrogens with zero attached hydrogens (tertiary/aromatic N) is 2. The first-order valence-corrected chi connectivity index (χ1v) is 9.18. The number of ether oxygens (including phenoxy) is 2. The molecule has 0 atom stereocenters. The summed E-state index contributed by atoms with van der Waals surface area (Å²) < 4.78 is 9.43. The maximum absolute atomic E-state index is 11.5. The number of aromatic nitrogens is 2. The summed E-state index contributed by atoms with van der Waals surface area (Å²) >= 11 is 0. The van der Waals surface area contributed by atoms with Gasteiger partial charge in [0.05, 0.1) is 25.3 Å². The lowest BCUT2D eigenvalue weighted by atomic mass is 10.0. The summed E-state index contributed by atoms with van der Waals surface area (Å²) in [5.74, 6) is -0.704. The maximum Gasteiger partial charge on any atom is 0.339 e. The van der Waals surface area contributed by atoms with Crippen LogP contribution in [0.4, 0.5) is 0 Å². The molecule has 6 heteroatoms. The minimum absolute atomic E-state index is 0.352. The molecule has 144 valence electrons. The molecule has 2 aromatic heterocycles. The topological polar surface area (TPSA) is 78.4 Å². The van der Waals surface area contributed by atoms with Gasteiger partial charge in [-0.1, -0.05) is 19.3 Å². The molecule has 2 aromatic rings. The first-order valence-electron chi connectivity index (χ1n) is 9.18. The van der Waals surface area contributed by atoms with Gasteiger partial charge in [0.25, 0.3) is 0 Å². The van der Waals surface area contributed by atoms with Crippen molar-refractivity contribution in [2.45, 2.75) is 44.9 Å². The first kappa shape index (κ1) is 20.6. The van der Waals surface area contributed by atoms with Crippen molar-refractivity contribution in [1.82, 2.24) is 9.97 Å². The van der Waals surface area contributed by atoms with Crippen LogP contribution in [0.15, 0.2) is 36.9 Å². The lowest BCUT2D eigenvalue weighted by Crippen LogP contribution is -2.03. The summed E-state index contributed by atoms with van der Waals surface area (Å²) in [6.45, 7) is 0. The number of methoxy groups -OCH3 is 2. The summed E-state index contributed by atoms with van der Waals surface area (Å²) in [5.41, 5.74) is 3.11. The summed E-state index contributed by atoms with van der Waals surface area (Å²) in [6, 6.07) is 3.69. The molecule has 0 saturated carbocycles. The number of carbonyl (C=O) groups is 2. The second kappa shape index (κ2) is 11.1. The standard InChI is InChI=1S/C21H26N2O4/c1-26-20(24)18-10-16(12-22-14-18)8-6-4-3-5-7-9-17-11-19(15-23-13-17)21(25)27-2/h10-15H,3-9H2,1-2H3. The van der Waals surface area contributed by atoms with Gasteiger partial charge in [0.1, 0.15) is 0 Å². The highest BCUT2D eigenvalue weighted by molar-refractivity contribution is 5.89. The molecule has 0 spiro atoms. The molecule has 0 amide bonds. The molecule has 0 unspecified atom stereocenters. The van der Waals surface area contributed by atoms with Crippen LogP contribution in [0.2, 0.25) is 0 Å². The number of rotatable bonds is 10. The van der Waals surface area contributed by atoms with Crippen molar-refractivity contribution < 1.29 is 19.1 Å². The molecule has 0 aromatic carbocycles. The van der Waals surface area contributed by atoms with Crippen LogP contribution in [-0.2, 0) is 22.3 Å². The monoisotopic (exact) mass is 370 g/mol. The second-order valence-electron chi connectivity index (χ2n) is 6.41. The molecule has 0 fully saturated rings. The fourth-order valence-corrected chi connectivity index (χ4v) is 2.90. The number of hydrogen-bond acceptors (Lipinski definition) is 6. The Labute approximate surface area is 159 Å². The van der Waals surface area contributed by atoms with Crippen molar-refractivity contribution in [2.75, 3.05) is 14.2 Å². The van der Waals surface area contributed by atoms with Crippen molar-refractivity contribution >= 4 is 11.9 Å². The first-order chi connectivity index (χ1) is 13.1. The number of esters is 2. The number of pyridine rings is 2. The Balaban J connectivity index is 1.64. The van der Waals surface area contributed by atoms with Crippen molar-refractivity contribution in [3.8, 4) is 0 Å². The van der Waals surface area contributed by atoms with Crippen LogP contribution >= 0.6 is 0 Å². The van der Waals surface area contributed by atoms with Gasteiger partial charge in [0, 0.05) is 24.8 Å². The summed E-state index contributed by atoms with van der Waals surface area (Å²) in [4.78, 5) is 31.2. The van der Waals surface area contributed by atoms with Gasteiger partial charge in [-0.05, 0) is 48.9 Å². The van der Waals surface area contributed by atoms with E-state index in [2.05, 4.69) is 9.97 Å². The predicted octanol–water partition coefficient (Wildman–Crippen LogP) is 3.79. The normalized spacial score (nSPS) is 10.4. The Kier molecular flexibility index (Phi) is 8.42. The third-order valence-corrected chi connectivity index (χ3v) is 4.36. The molecule has 0 aliphatic rings. The van der Waals surface area contributed by atoms with Gasteiger partial charge in [-0.25, -0.2) is 9.59 Å². The molecule has 6 nitrogen and oxygen atoms in total. The summed E-state index contributed by atoms with van der Waals surface area (Å²) in [7, 11) is 2.74. The van der Waals surface area contributed by atoms with E-state index in [1.54, 1.807) is 12.4 Å². The predicted molar refractivity (Wildman–Crippen MR) is 102 cm³/mol. The molecule has 0 saturated heterocycles. The van der Waals surface area contributed by atoms with E-state index >= 15 is 0 Å². The van der Waals surface area contributed by atoms with Gasteiger partial charge in [-0.3, -0.25) is 9.97 Å². The SMILES string of the molecule is COC(=O)c1cncc(CCCCCCCc2cncc(C(=O)OC)c2)c1. The second-order valence-corrected chi connectivity index (χ2v) is 6.41. The van der Waals surface area contributed by atoms with Gasteiger partial charge in [-0.2, -0.15) is 0 Å². The zero-order chi connectivity index (χ0) is 19.5. The molecular formula is C21H26N2O4. The van der Waals surface area contributed by atoms with E-state index in [-0.39, 0.29) is 11.9 Å². The lowest BCUT2D eigenvalue weighted by Gasteiger charge is -2.05. The van der Waals surface area contributed by atoms with E-state index in [0.29, 0.717) is 11.1 Å². The summed E-state index contributed by atoms with van der Waals surface area (Å²) in [6.07, 6.45) is 14.0. The molecule has 27 heavy (non-hydrogen) atoms. The highest BCUT2D eigenvalue weighted by atomic mass is 16.5. The van der Waals surface area contributed by atoms with Crippen LogP contribution in [0.5, 0.6) is 0 Å². The van der Waals surface area contributed by atoms with Crippen molar-refractivity contribution in [1.29, 1.82) is 0 Å². The minimum atomic E-state index is -0.352. The van der Waals surface area contributed by atoms with E-state index in [9.17, 15) is 9.59 Å². The Morgan fingerprint density at radius 1 is 0.704 bits per heavy atom. The fourth-order valence-electron chi connectivity index (χ4n) is 2.90. The third kappa shape index (κ3) is 6.81. The Morgan fingerprint density at radius 3 is 1.52 bits per heavy atom. The quantitative estimate of drug-likeness (QED) is 0.468. The van der Waals surface area contributed by atoms with Crippen LogP contribution in [0.3, 0.4) is 0 Å².